The number of benzene rings is 1. The molecule has 0 spiro atoms. The maximum absolute atomic E-state index is 5.61. The molecular formula is C18H21N. The van der Waals surface area contributed by atoms with Gasteiger partial charge in [0.2, 0.25) is 0 Å². The minimum Gasteiger partial charge on any atom is -0.337 e. The van der Waals surface area contributed by atoms with Gasteiger partial charge in [0.15, 0.2) is 0 Å². The summed E-state index contributed by atoms with van der Waals surface area (Å²) in [6.45, 7) is 7.60. The molecule has 1 aromatic carbocycles. The monoisotopic (exact) mass is 251 g/mol. The largest absolute Gasteiger partial charge is 0.337 e. The lowest BCUT2D eigenvalue weighted by Gasteiger charge is -2.18. The van der Waals surface area contributed by atoms with E-state index >= 15 is 0 Å². The number of terminal acetylenes is 1. The van der Waals surface area contributed by atoms with E-state index in [1.807, 2.05) is 6.07 Å². The van der Waals surface area contributed by atoms with Crippen molar-refractivity contribution in [3.63, 3.8) is 0 Å². The first-order chi connectivity index (χ1) is 9.13. The van der Waals surface area contributed by atoms with E-state index in [1.54, 1.807) is 0 Å². The molecule has 2 aromatic rings. The van der Waals surface area contributed by atoms with Crippen molar-refractivity contribution in [2.24, 2.45) is 0 Å². The van der Waals surface area contributed by atoms with Gasteiger partial charge in [0.1, 0.15) is 0 Å². The van der Waals surface area contributed by atoms with Crippen LogP contribution in [0.25, 0.3) is 0 Å². The van der Waals surface area contributed by atoms with Crippen LogP contribution in [0.4, 0.5) is 0 Å². The molecule has 0 amide bonds. The molecule has 0 aliphatic rings. The highest BCUT2D eigenvalue weighted by atomic mass is 15.0. The van der Waals surface area contributed by atoms with E-state index < -0.39 is 0 Å². The Labute approximate surface area is 116 Å². The standard InChI is InChI=1S/C18H21N/c1-5-17-11-12-18(14(2)3)19(17)13-15(4)16-9-7-6-8-10-16/h1,6-12,14-15H,13H2,2-4H3/t15-/m0/s1. The zero-order valence-corrected chi connectivity index (χ0v) is 11.9. The molecule has 1 aromatic heterocycles. The van der Waals surface area contributed by atoms with Gasteiger partial charge in [0.05, 0.1) is 5.69 Å². The van der Waals surface area contributed by atoms with Crippen LogP contribution in [0.15, 0.2) is 42.5 Å². The van der Waals surface area contributed by atoms with Gasteiger partial charge in [-0.15, -0.1) is 6.42 Å². The summed E-state index contributed by atoms with van der Waals surface area (Å²) in [6, 6.07) is 14.8. The van der Waals surface area contributed by atoms with Gasteiger partial charge in [0, 0.05) is 12.2 Å². The second kappa shape index (κ2) is 5.80. The van der Waals surface area contributed by atoms with Crippen molar-refractivity contribution in [3.05, 3.63) is 59.4 Å². The maximum atomic E-state index is 5.61. The van der Waals surface area contributed by atoms with Crippen molar-refractivity contribution >= 4 is 0 Å². The highest BCUT2D eigenvalue weighted by molar-refractivity contribution is 5.32. The molecule has 19 heavy (non-hydrogen) atoms. The van der Waals surface area contributed by atoms with Crippen LogP contribution in [0, 0.1) is 12.3 Å². The predicted octanol–water partition coefficient (Wildman–Crippen LogP) is 4.40. The van der Waals surface area contributed by atoms with E-state index in [0.717, 1.165) is 12.2 Å². The van der Waals surface area contributed by atoms with Crippen molar-refractivity contribution in [1.29, 1.82) is 0 Å². The maximum Gasteiger partial charge on any atom is 0.0919 e. The molecule has 0 unspecified atom stereocenters. The number of nitrogens with zero attached hydrogens (tertiary/aromatic N) is 1. The molecule has 0 saturated heterocycles. The van der Waals surface area contributed by atoms with Crippen LogP contribution in [0.1, 0.15) is 49.6 Å². The zero-order valence-electron chi connectivity index (χ0n) is 11.9. The molecule has 1 atom stereocenters. The van der Waals surface area contributed by atoms with Gasteiger partial charge in [0.25, 0.3) is 0 Å². The molecule has 98 valence electrons. The Balaban J connectivity index is 2.28. The minimum atomic E-state index is 0.457. The molecule has 0 bridgehead atoms. The molecule has 2 rings (SSSR count). The third-order valence-corrected chi connectivity index (χ3v) is 3.58. The number of rotatable bonds is 4. The van der Waals surface area contributed by atoms with Gasteiger partial charge >= 0.3 is 0 Å². The minimum absolute atomic E-state index is 0.457. The lowest BCUT2D eigenvalue weighted by atomic mass is 10.0. The van der Waals surface area contributed by atoms with Crippen LogP contribution in [0.5, 0.6) is 0 Å². The first kappa shape index (κ1) is 13.5. The number of hydrogen-bond donors (Lipinski definition) is 0. The Morgan fingerprint density at radius 2 is 1.74 bits per heavy atom. The fourth-order valence-corrected chi connectivity index (χ4v) is 2.48. The summed E-state index contributed by atoms with van der Waals surface area (Å²) in [4.78, 5) is 0. The summed E-state index contributed by atoms with van der Waals surface area (Å²) in [6.07, 6.45) is 5.61. The number of hydrogen-bond acceptors (Lipinski definition) is 0. The van der Waals surface area contributed by atoms with E-state index in [2.05, 4.69) is 67.7 Å². The van der Waals surface area contributed by atoms with E-state index in [1.165, 1.54) is 11.3 Å². The first-order valence-electron chi connectivity index (χ1n) is 6.84. The average molecular weight is 251 g/mol. The van der Waals surface area contributed by atoms with E-state index in [9.17, 15) is 0 Å². The molecule has 0 fully saturated rings. The topological polar surface area (TPSA) is 4.93 Å². The summed E-state index contributed by atoms with van der Waals surface area (Å²) in [5.41, 5.74) is 3.65. The van der Waals surface area contributed by atoms with Crippen LogP contribution in [-0.2, 0) is 6.54 Å². The molecule has 1 heteroatoms. The highest BCUT2D eigenvalue weighted by Crippen LogP contribution is 2.23. The number of aromatic nitrogens is 1. The van der Waals surface area contributed by atoms with Gasteiger partial charge < -0.3 is 4.57 Å². The third-order valence-electron chi connectivity index (χ3n) is 3.58. The Bertz CT molecular complexity index is 569. The van der Waals surface area contributed by atoms with Crippen LogP contribution >= 0.6 is 0 Å². The lowest BCUT2D eigenvalue weighted by molar-refractivity contribution is 0.562. The molecule has 0 saturated carbocycles. The van der Waals surface area contributed by atoms with Gasteiger partial charge in [-0.3, -0.25) is 0 Å². The fraction of sp³-hybridized carbons (Fsp3) is 0.333. The SMILES string of the molecule is C#Cc1ccc(C(C)C)n1C[C@H](C)c1ccccc1. The summed E-state index contributed by atoms with van der Waals surface area (Å²) in [5, 5.41) is 0. The first-order valence-corrected chi connectivity index (χ1v) is 6.84. The van der Waals surface area contributed by atoms with Crippen LogP contribution < -0.4 is 0 Å². The lowest BCUT2D eigenvalue weighted by Crippen LogP contribution is -2.11. The Morgan fingerprint density at radius 1 is 1.05 bits per heavy atom. The molecule has 0 N–H and O–H groups in total. The van der Waals surface area contributed by atoms with Crippen LogP contribution in [0.2, 0.25) is 0 Å². The summed E-state index contributed by atoms with van der Waals surface area (Å²) >= 11 is 0. The Kier molecular flexibility index (Phi) is 4.12. The normalized spacial score (nSPS) is 12.4. The van der Waals surface area contributed by atoms with Crippen LogP contribution in [-0.4, -0.2) is 4.57 Å². The van der Waals surface area contributed by atoms with Crippen molar-refractivity contribution < 1.29 is 0 Å². The zero-order chi connectivity index (χ0) is 13.8. The summed E-state index contributed by atoms with van der Waals surface area (Å²) in [5.74, 6) is 3.74. The Hall–Kier alpha value is -1.94. The third kappa shape index (κ3) is 2.90. The molecular weight excluding hydrogens is 230 g/mol. The van der Waals surface area contributed by atoms with Crippen molar-refractivity contribution in [2.75, 3.05) is 0 Å². The molecule has 0 aliphatic carbocycles. The molecule has 0 radical (unpaired) electrons. The second-order valence-electron chi connectivity index (χ2n) is 5.36. The fourth-order valence-electron chi connectivity index (χ4n) is 2.48. The van der Waals surface area contributed by atoms with Crippen molar-refractivity contribution in [2.45, 2.75) is 39.2 Å². The van der Waals surface area contributed by atoms with Gasteiger partial charge in [-0.1, -0.05) is 57.0 Å². The van der Waals surface area contributed by atoms with Gasteiger partial charge in [-0.25, -0.2) is 0 Å². The summed E-state index contributed by atoms with van der Waals surface area (Å²) in [7, 11) is 0. The highest BCUT2D eigenvalue weighted by Gasteiger charge is 2.13. The van der Waals surface area contributed by atoms with Gasteiger partial charge in [-0.05, 0) is 29.5 Å². The average Bonchev–Trinajstić information content (AvgIpc) is 2.82. The quantitative estimate of drug-likeness (QED) is 0.710. The Morgan fingerprint density at radius 3 is 2.32 bits per heavy atom. The van der Waals surface area contributed by atoms with Crippen molar-refractivity contribution in [1.82, 2.24) is 4.57 Å². The van der Waals surface area contributed by atoms with Gasteiger partial charge in [-0.2, -0.15) is 0 Å². The molecule has 0 aliphatic heterocycles. The smallest absolute Gasteiger partial charge is 0.0919 e. The van der Waals surface area contributed by atoms with E-state index in [4.69, 9.17) is 6.42 Å². The van der Waals surface area contributed by atoms with Crippen molar-refractivity contribution in [3.8, 4) is 12.3 Å². The summed E-state index contributed by atoms with van der Waals surface area (Å²) < 4.78 is 2.28. The second-order valence-corrected chi connectivity index (χ2v) is 5.36. The van der Waals surface area contributed by atoms with E-state index in [-0.39, 0.29) is 0 Å². The molecule has 1 nitrogen and oxygen atoms in total. The van der Waals surface area contributed by atoms with E-state index in [0.29, 0.717) is 11.8 Å². The predicted molar refractivity (Wildman–Crippen MR) is 81.3 cm³/mol. The molecule has 1 heterocycles. The van der Waals surface area contributed by atoms with Crippen LogP contribution in [0.3, 0.4) is 0 Å².